The molecule has 4 nitrogen and oxygen atoms in total. The van der Waals surface area contributed by atoms with Gasteiger partial charge in [-0.2, -0.15) is 0 Å². The summed E-state index contributed by atoms with van der Waals surface area (Å²) in [6.45, 7) is 3.46. The van der Waals surface area contributed by atoms with Crippen LogP contribution in [0.25, 0.3) is 0 Å². The topological polar surface area (TPSA) is 45.6 Å². The fourth-order valence-electron chi connectivity index (χ4n) is 6.28. The van der Waals surface area contributed by atoms with Crippen LogP contribution in [0, 0.1) is 12.8 Å². The summed E-state index contributed by atoms with van der Waals surface area (Å²) < 4.78 is 0. The Balaban J connectivity index is 1.19. The van der Waals surface area contributed by atoms with Crippen LogP contribution in [0.4, 0.5) is 0 Å². The van der Waals surface area contributed by atoms with Crippen LogP contribution in [0.3, 0.4) is 0 Å². The quantitative estimate of drug-likeness (QED) is 0.479. The molecule has 1 amide bonds. The SMILES string of the molecule is Cc1cc(C2=NCc3cc4c(cc32)CN([C@@H]2CCC[C@@H](CCc3ccccc3)C2)C(=O)C4)ccn1. The maximum absolute atomic E-state index is 13.3. The first-order valence-corrected chi connectivity index (χ1v) is 13.1. The number of rotatable bonds is 5. The molecule has 1 aliphatic carbocycles. The number of carbonyl (C=O) groups excluding carboxylic acids is 1. The van der Waals surface area contributed by atoms with Gasteiger partial charge in [-0.25, -0.2) is 0 Å². The molecule has 0 spiro atoms. The summed E-state index contributed by atoms with van der Waals surface area (Å²) in [4.78, 5) is 24.7. The van der Waals surface area contributed by atoms with Crippen molar-refractivity contribution in [2.45, 2.75) is 71.0 Å². The molecular weight excluding hydrogens is 430 g/mol. The molecule has 2 aromatic carbocycles. The fourth-order valence-corrected chi connectivity index (χ4v) is 6.28. The summed E-state index contributed by atoms with van der Waals surface area (Å²) in [5.41, 5.74) is 9.60. The number of aromatic nitrogens is 1. The van der Waals surface area contributed by atoms with Gasteiger partial charge < -0.3 is 4.90 Å². The standard InChI is InChI=1S/C31H33N3O/c1-21-14-24(12-13-32-21)31-29-17-27-20-34(30(35)18-25(27)16-26(29)19-33-31)28-9-5-8-23(15-28)11-10-22-6-3-2-4-7-22/h2-4,6-7,12-14,16-17,23,28H,5,8-11,15,18-20H2,1H3/t23-,28+/m0/s1. The lowest BCUT2D eigenvalue weighted by Crippen LogP contribution is -2.45. The summed E-state index contributed by atoms with van der Waals surface area (Å²) in [6.07, 6.45) is 9.54. The highest BCUT2D eigenvalue weighted by Crippen LogP contribution is 2.35. The van der Waals surface area contributed by atoms with Crippen molar-refractivity contribution in [3.63, 3.8) is 0 Å². The second kappa shape index (κ2) is 9.41. The first-order chi connectivity index (χ1) is 17.1. The van der Waals surface area contributed by atoms with Crippen LogP contribution in [0.15, 0.2) is 65.8 Å². The molecule has 1 fully saturated rings. The molecule has 1 saturated carbocycles. The number of benzene rings is 2. The van der Waals surface area contributed by atoms with Gasteiger partial charge in [0.1, 0.15) is 0 Å². The number of pyridine rings is 1. The summed E-state index contributed by atoms with van der Waals surface area (Å²) in [6, 6.07) is 19.9. The molecule has 4 heteroatoms. The largest absolute Gasteiger partial charge is 0.335 e. The van der Waals surface area contributed by atoms with E-state index in [1.807, 2.05) is 19.2 Å². The number of aliphatic imine (C=N–C) groups is 1. The second-order valence-corrected chi connectivity index (χ2v) is 10.5. The molecule has 3 aromatic rings. The van der Waals surface area contributed by atoms with Crippen molar-refractivity contribution in [1.29, 1.82) is 0 Å². The van der Waals surface area contributed by atoms with Gasteiger partial charge >= 0.3 is 0 Å². The second-order valence-electron chi connectivity index (χ2n) is 10.5. The molecule has 3 aliphatic rings. The Labute approximate surface area is 208 Å². The van der Waals surface area contributed by atoms with Crippen molar-refractivity contribution < 1.29 is 4.79 Å². The predicted molar refractivity (Wildman–Crippen MR) is 140 cm³/mol. The first-order valence-electron chi connectivity index (χ1n) is 13.1. The van der Waals surface area contributed by atoms with Crippen LogP contribution in [-0.4, -0.2) is 27.5 Å². The van der Waals surface area contributed by atoms with E-state index in [0.29, 0.717) is 30.8 Å². The predicted octanol–water partition coefficient (Wildman–Crippen LogP) is 5.82. The fraction of sp³-hybridized carbons (Fsp3) is 0.387. The molecule has 0 unspecified atom stereocenters. The van der Waals surface area contributed by atoms with Crippen LogP contribution in [0.2, 0.25) is 0 Å². The molecule has 0 radical (unpaired) electrons. The Morgan fingerprint density at radius 2 is 1.89 bits per heavy atom. The molecule has 2 aliphatic heterocycles. The number of carbonyl (C=O) groups is 1. The van der Waals surface area contributed by atoms with Gasteiger partial charge in [-0.1, -0.05) is 49.2 Å². The number of amides is 1. The maximum Gasteiger partial charge on any atom is 0.227 e. The number of hydrogen-bond acceptors (Lipinski definition) is 3. The molecule has 178 valence electrons. The Kier molecular flexibility index (Phi) is 5.97. The van der Waals surface area contributed by atoms with Crippen LogP contribution >= 0.6 is 0 Å². The van der Waals surface area contributed by atoms with Crippen LogP contribution < -0.4 is 0 Å². The zero-order valence-corrected chi connectivity index (χ0v) is 20.5. The van der Waals surface area contributed by atoms with E-state index in [-0.39, 0.29) is 0 Å². The summed E-state index contributed by atoms with van der Waals surface area (Å²) >= 11 is 0. The van der Waals surface area contributed by atoms with Crippen molar-refractivity contribution in [2.75, 3.05) is 0 Å². The third kappa shape index (κ3) is 4.54. The van der Waals surface area contributed by atoms with Gasteiger partial charge in [-0.3, -0.25) is 14.8 Å². The van der Waals surface area contributed by atoms with Gasteiger partial charge in [0.2, 0.25) is 5.91 Å². The lowest BCUT2D eigenvalue weighted by molar-refractivity contribution is -0.135. The average molecular weight is 464 g/mol. The zero-order valence-electron chi connectivity index (χ0n) is 20.5. The molecule has 0 N–H and O–H groups in total. The van der Waals surface area contributed by atoms with E-state index in [2.05, 4.69) is 58.4 Å². The number of nitrogens with zero attached hydrogens (tertiary/aromatic N) is 3. The molecule has 6 rings (SSSR count). The highest BCUT2D eigenvalue weighted by atomic mass is 16.2. The number of hydrogen-bond donors (Lipinski definition) is 0. The van der Waals surface area contributed by atoms with Crippen LogP contribution in [0.1, 0.15) is 71.2 Å². The van der Waals surface area contributed by atoms with Gasteiger partial charge in [-0.05, 0) is 79.0 Å². The lowest BCUT2D eigenvalue weighted by atomic mass is 9.80. The smallest absolute Gasteiger partial charge is 0.227 e. The summed E-state index contributed by atoms with van der Waals surface area (Å²) in [5, 5.41) is 0. The van der Waals surface area contributed by atoms with E-state index in [1.165, 1.54) is 47.1 Å². The molecule has 2 atom stereocenters. The van der Waals surface area contributed by atoms with Crippen molar-refractivity contribution >= 4 is 11.6 Å². The van der Waals surface area contributed by atoms with Crippen molar-refractivity contribution in [1.82, 2.24) is 9.88 Å². The summed E-state index contributed by atoms with van der Waals surface area (Å²) in [7, 11) is 0. The highest BCUT2D eigenvalue weighted by Gasteiger charge is 2.33. The Bertz CT molecular complexity index is 1280. The number of aryl methyl sites for hydroxylation is 2. The number of fused-ring (bicyclic) bond motifs is 2. The van der Waals surface area contributed by atoms with Crippen LogP contribution in [0.5, 0.6) is 0 Å². The van der Waals surface area contributed by atoms with Crippen molar-refractivity contribution in [3.05, 3.63) is 99.9 Å². The molecule has 1 aromatic heterocycles. The third-order valence-corrected chi connectivity index (χ3v) is 8.14. The Morgan fingerprint density at radius 1 is 1.00 bits per heavy atom. The molecule has 3 heterocycles. The van der Waals surface area contributed by atoms with Gasteiger partial charge in [0, 0.05) is 35.6 Å². The molecule has 35 heavy (non-hydrogen) atoms. The van der Waals surface area contributed by atoms with E-state index in [4.69, 9.17) is 4.99 Å². The summed E-state index contributed by atoms with van der Waals surface area (Å²) in [5.74, 6) is 1.01. The average Bonchev–Trinajstić information content (AvgIpc) is 3.29. The van der Waals surface area contributed by atoms with Crippen molar-refractivity contribution in [3.8, 4) is 0 Å². The minimum Gasteiger partial charge on any atom is -0.335 e. The van der Waals surface area contributed by atoms with Crippen molar-refractivity contribution in [2.24, 2.45) is 10.9 Å². The molecule has 0 bridgehead atoms. The van der Waals surface area contributed by atoms with E-state index in [0.717, 1.165) is 42.8 Å². The maximum atomic E-state index is 13.3. The van der Waals surface area contributed by atoms with E-state index >= 15 is 0 Å². The van der Waals surface area contributed by atoms with E-state index in [1.54, 1.807) is 0 Å². The minimum absolute atomic E-state index is 0.301. The Morgan fingerprint density at radius 3 is 2.74 bits per heavy atom. The minimum atomic E-state index is 0.301. The molecular formula is C31H33N3O. The van der Waals surface area contributed by atoms with Crippen LogP contribution in [-0.2, 0) is 30.7 Å². The Hall–Kier alpha value is -3.27. The van der Waals surface area contributed by atoms with E-state index < -0.39 is 0 Å². The van der Waals surface area contributed by atoms with Gasteiger partial charge in [0.25, 0.3) is 0 Å². The van der Waals surface area contributed by atoms with Gasteiger partial charge in [0.15, 0.2) is 0 Å². The molecule has 0 saturated heterocycles. The lowest BCUT2D eigenvalue weighted by Gasteiger charge is -2.40. The highest BCUT2D eigenvalue weighted by molar-refractivity contribution is 6.15. The normalized spacial score (nSPS) is 21.5. The zero-order chi connectivity index (χ0) is 23.8. The van der Waals surface area contributed by atoms with Gasteiger partial charge in [-0.15, -0.1) is 0 Å². The monoisotopic (exact) mass is 463 g/mol. The van der Waals surface area contributed by atoms with Gasteiger partial charge in [0.05, 0.1) is 18.7 Å². The first kappa shape index (κ1) is 22.2. The van der Waals surface area contributed by atoms with E-state index in [9.17, 15) is 4.79 Å². The third-order valence-electron chi connectivity index (χ3n) is 8.14.